The summed E-state index contributed by atoms with van der Waals surface area (Å²) in [5, 5.41) is 121. The van der Waals surface area contributed by atoms with E-state index in [4.69, 9.17) is 53.6 Å². The number of nitrogens with zero attached hydrogens (tertiary/aromatic N) is 14. The van der Waals surface area contributed by atoms with Crippen LogP contribution in [0.15, 0.2) is 158 Å². The van der Waals surface area contributed by atoms with Crippen LogP contribution in [-0.2, 0) is 52.5 Å². The molecule has 34 heteroatoms. The van der Waals surface area contributed by atoms with Gasteiger partial charge >= 0.3 is 0 Å². The monoisotopic (exact) mass is 1750 g/mol. The summed E-state index contributed by atoms with van der Waals surface area (Å²) in [7, 11) is 1.86. The lowest BCUT2D eigenvalue weighted by atomic mass is 9.96. The Bertz CT molecular complexity index is 6350. The van der Waals surface area contributed by atoms with E-state index in [1.165, 1.54) is 17.5 Å². The van der Waals surface area contributed by atoms with Crippen molar-refractivity contribution in [3.8, 4) is 51.6 Å². The maximum absolute atomic E-state index is 11.0. The summed E-state index contributed by atoms with van der Waals surface area (Å²) in [6, 6.07) is 29.4. The molecule has 0 bridgehead atoms. The minimum atomic E-state index is -1.11. The summed E-state index contributed by atoms with van der Waals surface area (Å²) in [4.78, 5) is 26.4. The molecule has 13 heterocycles. The van der Waals surface area contributed by atoms with E-state index in [1.807, 2.05) is 120 Å². The van der Waals surface area contributed by atoms with E-state index in [0.29, 0.717) is 82.6 Å². The molecule has 4 fully saturated rings. The highest BCUT2D eigenvalue weighted by atomic mass is 35.5. The lowest BCUT2D eigenvalue weighted by Crippen LogP contribution is -2.35. The molecule has 21 rings (SSSR count). The van der Waals surface area contributed by atoms with Crippen molar-refractivity contribution in [3.63, 3.8) is 0 Å². The van der Waals surface area contributed by atoms with Gasteiger partial charge in [0.25, 0.3) is 0 Å². The summed E-state index contributed by atoms with van der Waals surface area (Å²) >= 11 is 13.9. The van der Waals surface area contributed by atoms with Crippen LogP contribution < -0.4 is 46.4 Å². The maximum atomic E-state index is 11.0. The van der Waals surface area contributed by atoms with Crippen molar-refractivity contribution in [2.75, 3.05) is 25.4 Å². The van der Waals surface area contributed by atoms with Crippen molar-refractivity contribution >= 4 is 84.4 Å². The van der Waals surface area contributed by atoms with Gasteiger partial charge in [-0.2, -0.15) is 5.26 Å². The predicted molar refractivity (Wildman–Crippen MR) is 471 cm³/mol. The smallest absolute Gasteiger partial charge is 0.143 e. The zero-order chi connectivity index (χ0) is 86.7. The van der Waals surface area contributed by atoms with Gasteiger partial charge in [0.05, 0.1) is 75.0 Å². The quantitative estimate of drug-likeness (QED) is 0.0455. The SMILES string of the molecule is Cc1ccnc2c1ccn2[C@@H]1C[C@H](Oc2cc(-c3cnnn3C)cc3c2CNCC3)[C@@H](O)[C@H]1O.Cc1ccnc2c1ccn2[C@@H]1C[C@H](Oc2cc(-c3cscn3)cc3c2CNCC3)[C@@H](O)[C@H]1O.Cc1ncnc2c1ccn2[C@@H]1C[C@H](Oc2ccc(Cl)cc2CN)[C@@H](O)[C@H]1O.N#Cc1cc2c(c(O[C@H]3C[C@@H](n4cc(Cl)c5c(N)ccnc54)[C@H](O)[C@@H]3O)c1)CNCC2. The Morgan fingerprint density at radius 2 is 0.992 bits per heavy atom. The first-order valence-electron chi connectivity index (χ1n) is 41.9. The van der Waals surface area contributed by atoms with E-state index in [1.54, 1.807) is 81.9 Å². The van der Waals surface area contributed by atoms with E-state index in [-0.39, 0.29) is 24.7 Å². The third kappa shape index (κ3) is 16.4. The summed E-state index contributed by atoms with van der Waals surface area (Å²) < 4.78 is 34.4. The van der Waals surface area contributed by atoms with Crippen LogP contribution in [0.4, 0.5) is 5.69 Å². The molecule has 10 aromatic heterocycles. The van der Waals surface area contributed by atoms with Crippen molar-refractivity contribution in [1.82, 2.24) is 79.1 Å². The first kappa shape index (κ1) is 84.8. The van der Waals surface area contributed by atoms with Crippen LogP contribution >= 0.6 is 34.5 Å². The Hall–Kier alpha value is -11.1. The molecule has 4 saturated carbocycles. The first-order chi connectivity index (χ1) is 60.6. The topological polar surface area (TPSA) is 438 Å². The zero-order valence-electron chi connectivity index (χ0n) is 68.9. The number of thiazole rings is 1. The maximum Gasteiger partial charge on any atom is 0.143 e. The number of halogens is 2. The summed E-state index contributed by atoms with van der Waals surface area (Å²) in [6.07, 6.45) is 9.78. The lowest BCUT2D eigenvalue weighted by molar-refractivity contribution is -0.0166. The Labute approximate surface area is 732 Å². The molecule has 125 heavy (non-hydrogen) atoms. The highest BCUT2D eigenvalue weighted by molar-refractivity contribution is 7.07. The fourth-order valence-electron chi connectivity index (χ4n) is 18.9. The number of hydrogen-bond acceptors (Lipinski definition) is 27. The number of hydrogen-bond donors (Lipinski definition) is 13. The van der Waals surface area contributed by atoms with Crippen LogP contribution in [0.3, 0.4) is 0 Å². The van der Waals surface area contributed by atoms with Gasteiger partial charge in [0, 0.05) is 168 Å². The highest BCUT2D eigenvalue weighted by Gasteiger charge is 2.49. The number of fused-ring (bicyclic) bond motifs is 7. The van der Waals surface area contributed by atoms with Crippen molar-refractivity contribution in [2.45, 2.75) is 189 Å². The number of anilines is 1. The van der Waals surface area contributed by atoms with Crippen LogP contribution in [0.25, 0.3) is 66.6 Å². The van der Waals surface area contributed by atoms with Crippen LogP contribution in [0, 0.1) is 32.1 Å². The number of aliphatic hydroxyl groups is 8. The molecule has 0 spiro atoms. The summed E-state index contributed by atoms with van der Waals surface area (Å²) in [5.74, 6) is 2.61. The molecule has 648 valence electrons. The Morgan fingerprint density at radius 1 is 0.520 bits per heavy atom. The molecule has 3 aliphatic heterocycles. The first-order valence-corrected chi connectivity index (χ1v) is 43.6. The molecule has 0 amide bonds. The van der Waals surface area contributed by atoms with E-state index in [9.17, 15) is 46.1 Å². The second-order valence-corrected chi connectivity index (χ2v) is 34.7. The van der Waals surface area contributed by atoms with Gasteiger partial charge in [-0.15, -0.1) is 16.4 Å². The molecule has 4 aromatic carbocycles. The predicted octanol–water partition coefficient (Wildman–Crippen LogP) is 9.00. The molecule has 4 aliphatic carbocycles. The molecule has 0 saturated heterocycles. The Balaban J connectivity index is 0.000000114. The lowest BCUT2D eigenvalue weighted by Gasteiger charge is -2.25. The highest BCUT2D eigenvalue weighted by Crippen LogP contribution is 2.46. The van der Waals surface area contributed by atoms with Gasteiger partial charge in [-0.1, -0.05) is 28.4 Å². The Kier molecular flexibility index (Phi) is 24.2. The normalized spacial score (nSPS) is 24.9. The van der Waals surface area contributed by atoms with Crippen LogP contribution in [0.2, 0.25) is 10.0 Å². The largest absolute Gasteiger partial charge is 0.487 e. The van der Waals surface area contributed by atoms with Crippen LogP contribution in [0.1, 0.15) is 111 Å². The zero-order valence-corrected chi connectivity index (χ0v) is 71.3. The number of rotatable bonds is 15. The number of aromatic nitrogens is 13. The van der Waals surface area contributed by atoms with Crippen molar-refractivity contribution < 1.29 is 59.8 Å². The summed E-state index contributed by atoms with van der Waals surface area (Å²) in [6.45, 7) is 11.0. The molecular weight excluding hydrogens is 1650 g/mol. The average Bonchev–Trinajstić information content (AvgIpc) is 1.63. The van der Waals surface area contributed by atoms with E-state index < -0.39 is 79.3 Å². The van der Waals surface area contributed by atoms with E-state index in [2.05, 4.69) is 74.4 Å². The molecule has 0 unspecified atom stereocenters. The van der Waals surface area contributed by atoms with Crippen LogP contribution in [-0.4, -0.2) is 197 Å². The summed E-state index contributed by atoms with van der Waals surface area (Å²) in [5.41, 5.74) is 32.0. The van der Waals surface area contributed by atoms with E-state index >= 15 is 0 Å². The number of nitrogens with one attached hydrogen (secondary N) is 3. The number of benzene rings is 4. The average molecular weight is 1750 g/mol. The molecule has 14 aromatic rings. The fraction of sp³-hybridized carbons (Fsp3) is 0.374. The second kappa shape index (κ2) is 35.8. The minimum absolute atomic E-state index is 0.267. The minimum Gasteiger partial charge on any atom is -0.487 e. The molecule has 7 aliphatic rings. The number of nitrogens with two attached hydrogens (primary N) is 2. The van der Waals surface area contributed by atoms with Gasteiger partial charge in [-0.3, -0.25) is 0 Å². The van der Waals surface area contributed by atoms with Crippen molar-refractivity contribution in [3.05, 3.63) is 229 Å². The third-order valence-electron chi connectivity index (χ3n) is 25.6. The second-order valence-electron chi connectivity index (χ2n) is 33.1. The molecule has 16 atom stereocenters. The molecular formula is C91H97Cl2N19O12S. The van der Waals surface area contributed by atoms with E-state index in [0.717, 1.165) is 157 Å². The van der Waals surface area contributed by atoms with Gasteiger partial charge in [-0.05, 0) is 178 Å². The van der Waals surface area contributed by atoms with Crippen molar-refractivity contribution in [2.24, 2.45) is 12.8 Å². The number of nitriles is 1. The fourth-order valence-corrected chi connectivity index (χ4v) is 19.9. The van der Waals surface area contributed by atoms with Crippen LogP contribution in [0.5, 0.6) is 23.0 Å². The standard InChI is InChI=1S/C25H28N6O3.C25H26N4O3S.C22H22ClN5O3.C19H21ClN4O3/c1-14-3-7-27-25-17(14)5-8-31(25)19-11-22(24(33)23(19)32)34-21-10-16(20-13-28-29-30(20)2)9-15-4-6-26-12-18(15)21;1-14-2-6-27-25-17(14)4-7-29(25)20-10-22(24(31)23(20)30)32-21-9-16(19-12-33-13-28-19)8-15-3-5-26-11-18(15)21;23-14-10-28(22-19(14)15(25)2-4-27-22)16-7-18(21(30)20(16)29)31-17-6-11(8-24)5-12-1-3-26-9-13(12)17;1-10-13-4-5-24(19(13)23-9-22-10)14-7-16(18(26)17(14)25)27-15-3-2-12(20)6-11(15)8-21/h3,5,7-10,13,19,22-24,26,32-33H,4,6,11-12H2,1-2H3;2,4,6-9,12-13,20,22-24,26,30-31H,3,5,10-11H2,1H3;2,4-6,10,16,18,20-21,26,29-30H,1,3,7,9H2,(H2,25,27);2-6,9,14,16-18,25-26H,7-8,21H2,1H3/t19-,22+,23+,24-;20-,22+,23+,24-;16-,18+,20+,21-;14-,16+,17+,18-/m1111/s1. The van der Waals surface area contributed by atoms with Crippen molar-refractivity contribution in [1.29, 1.82) is 5.26 Å². The Morgan fingerprint density at radius 3 is 1.50 bits per heavy atom. The number of aryl methyl sites for hydroxylation is 4. The van der Waals surface area contributed by atoms with Gasteiger partial charge in [-0.25, -0.2) is 34.6 Å². The van der Waals surface area contributed by atoms with Gasteiger partial charge in [0.2, 0.25) is 0 Å². The number of ether oxygens (including phenoxy) is 4. The number of aliphatic hydroxyl groups excluding tert-OH is 8. The molecule has 0 radical (unpaired) electrons. The van der Waals surface area contributed by atoms with Gasteiger partial charge in [0.15, 0.2) is 0 Å². The molecule has 31 nitrogen and oxygen atoms in total. The molecule has 15 N–H and O–H groups in total. The van der Waals surface area contributed by atoms with Gasteiger partial charge in [0.1, 0.15) is 125 Å². The number of pyridine rings is 3. The van der Waals surface area contributed by atoms with Gasteiger partial charge < -0.3 is 105 Å². The number of nitrogen functional groups attached to an aromatic ring is 1. The third-order valence-corrected chi connectivity index (χ3v) is 26.8.